The molecular formula is C44H39N5O6. The molecule has 0 N–H and O–H groups in total. The van der Waals surface area contributed by atoms with E-state index < -0.39 is 0 Å². The van der Waals surface area contributed by atoms with Crippen LogP contribution in [0.15, 0.2) is 101 Å². The number of carbonyl (C=O) groups excluding carboxylic acids is 2. The predicted octanol–water partition coefficient (Wildman–Crippen LogP) is 7.50. The zero-order valence-corrected chi connectivity index (χ0v) is 31.0. The Morgan fingerprint density at radius 2 is 1.07 bits per heavy atom. The summed E-state index contributed by atoms with van der Waals surface area (Å²) in [7, 11) is 7.09. The highest BCUT2D eigenvalue weighted by Gasteiger charge is 2.38. The van der Waals surface area contributed by atoms with Gasteiger partial charge in [-0.05, 0) is 64.7 Å². The lowest BCUT2D eigenvalue weighted by Crippen LogP contribution is -2.37. The first-order valence-corrected chi connectivity index (χ1v) is 18.2. The van der Waals surface area contributed by atoms with Gasteiger partial charge in [0.25, 0.3) is 11.8 Å². The summed E-state index contributed by atoms with van der Waals surface area (Å²) >= 11 is 0. The minimum absolute atomic E-state index is 0.119. The molecule has 0 radical (unpaired) electrons. The SMILES string of the molecule is COc1cc2c(cc1OCc1cc(COc3cc4c(cc3OC)C(=O)N3c5ccccc5C[C@H]3C=N4)cc(N(C)C)c1)N=CC1Cc3ccccc3N1C2=O. The summed E-state index contributed by atoms with van der Waals surface area (Å²) < 4.78 is 24.2. The number of methoxy groups -OCH3 is 2. The Bertz CT molecular complexity index is 2280. The number of nitrogens with zero attached hydrogens (tertiary/aromatic N) is 5. The number of carbonyl (C=O) groups is 2. The van der Waals surface area contributed by atoms with Crippen molar-refractivity contribution in [2.45, 2.75) is 38.1 Å². The molecule has 1 unspecified atom stereocenters. The number of ether oxygens (including phenoxy) is 4. The van der Waals surface area contributed by atoms with Crippen LogP contribution in [0.2, 0.25) is 0 Å². The molecule has 2 amide bonds. The van der Waals surface area contributed by atoms with E-state index in [0.717, 1.165) is 52.2 Å². The van der Waals surface area contributed by atoms with Gasteiger partial charge in [-0.25, -0.2) is 0 Å². The van der Waals surface area contributed by atoms with Crippen LogP contribution >= 0.6 is 0 Å². The van der Waals surface area contributed by atoms with Crippen molar-refractivity contribution in [3.8, 4) is 23.0 Å². The molecule has 0 aromatic heterocycles. The molecule has 9 rings (SSSR count). The van der Waals surface area contributed by atoms with Crippen LogP contribution in [-0.2, 0) is 26.1 Å². The van der Waals surface area contributed by atoms with Crippen LogP contribution in [0.4, 0.5) is 28.4 Å². The van der Waals surface area contributed by atoms with E-state index in [1.54, 1.807) is 38.5 Å². The summed E-state index contributed by atoms with van der Waals surface area (Å²) in [5.41, 5.74) is 8.85. The standard InChI is InChI=1S/C44H39N5O6/c1-47(2)30-14-26(24-54-41-20-35-33(18-39(41)52-3)43(50)48-31(22-45-35)16-28-9-5-7-11-37(28)48)13-27(15-30)25-55-42-21-36-34(19-40(42)53-4)44(51)49-32(23-46-36)17-29-10-6-8-12-38(29)49/h5-15,18-23,31-32H,16-17,24-25H2,1-4H3/t31-,32?/m0/s1. The molecule has 0 spiro atoms. The summed E-state index contributed by atoms with van der Waals surface area (Å²) in [6.45, 7) is 0.451. The molecule has 55 heavy (non-hydrogen) atoms. The van der Waals surface area contributed by atoms with Crippen molar-refractivity contribution < 1.29 is 28.5 Å². The summed E-state index contributed by atoms with van der Waals surface area (Å²) in [6.07, 6.45) is 5.13. The quantitative estimate of drug-likeness (QED) is 0.155. The van der Waals surface area contributed by atoms with Crippen molar-refractivity contribution in [3.63, 3.8) is 0 Å². The molecular weight excluding hydrogens is 695 g/mol. The van der Waals surface area contributed by atoms with E-state index in [0.29, 0.717) is 45.5 Å². The van der Waals surface area contributed by atoms with E-state index in [4.69, 9.17) is 28.9 Å². The van der Waals surface area contributed by atoms with Crippen LogP contribution in [0.25, 0.3) is 0 Å². The molecule has 0 bridgehead atoms. The third kappa shape index (κ3) is 6.01. The Hall–Kier alpha value is -6.62. The number of fused-ring (bicyclic) bond motifs is 8. The average Bonchev–Trinajstić information content (AvgIpc) is 3.70. The fraction of sp³-hybridized carbons (Fsp3) is 0.227. The minimum Gasteiger partial charge on any atom is -0.493 e. The predicted molar refractivity (Wildman–Crippen MR) is 213 cm³/mol. The number of rotatable bonds is 9. The highest BCUT2D eigenvalue weighted by Crippen LogP contribution is 2.43. The Labute approximate surface area is 319 Å². The van der Waals surface area contributed by atoms with Gasteiger partial charge in [-0.15, -0.1) is 0 Å². The van der Waals surface area contributed by atoms with Crippen LogP contribution in [-0.4, -0.2) is 64.6 Å². The molecule has 2 atom stereocenters. The lowest BCUT2D eigenvalue weighted by Gasteiger charge is -2.22. The first kappa shape index (κ1) is 34.2. The molecule has 0 saturated heterocycles. The second kappa shape index (κ2) is 13.7. The summed E-state index contributed by atoms with van der Waals surface area (Å²) in [5.74, 6) is 1.62. The van der Waals surface area contributed by atoms with Gasteiger partial charge >= 0.3 is 0 Å². The molecule has 5 aromatic rings. The third-order valence-electron chi connectivity index (χ3n) is 10.6. The van der Waals surface area contributed by atoms with E-state index in [9.17, 15) is 9.59 Å². The van der Waals surface area contributed by atoms with Crippen LogP contribution in [0, 0.1) is 0 Å². The van der Waals surface area contributed by atoms with Crippen molar-refractivity contribution in [3.05, 3.63) is 124 Å². The number of hydrogen-bond acceptors (Lipinski definition) is 9. The van der Waals surface area contributed by atoms with Crippen molar-refractivity contribution in [1.29, 1.82) is 0 Å². The number of hydrogen-bond donors (Lipinski definition) is 0. The van der Waals surface area contributed by atoms with Crippen molar-refractivity contribution in [2.24, 2.45) is 9.98 Å². The number of para-hydroxylation sites is 2. The van der Waals surface area contributed by atoms with E-state index in [1.165, 1.54) is 0 Å². The zero-order chi connectivity index (χ0) is 37.8. The van der Waals surface area contributed by atoms with E-state index in [1.807, 2.05) is 83.7 Å². The lowest BCUT2D eigenvalue weighted by molar-refractivity contribution is 0.0978. The van der Waals surface area contributed by atoms with Gasteiger partial charge in [-0.3, -0.25) is 29.4 Å². The highest BCUT2D eigenvalue weighted by molar-refractivity contribution is 6.15. The van der Waals surface area contributed by atoms with E-state index in [-0.39, 0.29) is 37.1 Å². The molecule has 4 aliphatic rings. The Balaban J connectivity index is 0.949. The topological polar surface area (TPSA) is 106 Å². The average molecular weight is 734 g/mol. The number of benzene rings is 5. The molecule has 11 nitrogen and oxygen atoms in total. The van der Waals surface area contributed by atoms with Crippen LogP contribution in [0.5, 0.6) is 23.0 Å². The molecule has 5 aromatic carbocycles. The first-order chi connectivity index (χ1) is 26.8. The van der Waals surface area contributed by atoms with Crippen LogP contribution in [0.3, 0.4) is 0 Å². The van der Waals surface area contributed by atoms with Gasteiger partial charge in [0.15, 0.2) is 23.0 Å². The normalized spacial score (nSPS) is 17.3. The van der Waals surface area contributed by atoms with Gasteiger partial charge in [-0.1, -0.05) is 36.4 Å². The summed E-state index contributed by atoms with van der Waals surface area (Å²) in [6, 6.07) is 28.8. The number of anilines is 3. The van der Waals surface area contributed by atoms with E-state index >= 15 is 0 Å². The first-order valence-electron chi connectivity index (χ1n) is 18.2. The maximum atomic E-state index is 13.9. The maximum Gasteiger partial charge on any atom is 0.261 e. The molecule has 0 fully saturated rings. The third-order valence-corrected chi connectivity index (χ3v) is 10.6. The maximum absolute atomic E-state index is 13.9. The number of aliphatic imine (C=N–C) groups is 2. The van der Waals surface area contributed by atoms with Gasteiger partial charge in [0, 0.05) is 68.6 Å². The van der Waals surface area contributed by atoms with Gasteiger partial charge in [-0.2, -0.15) is 0 Å². The molecule has 4 aliphatic heterocycles. The van der Waals surface area contributed by atoms with Crippen LogP contribution in [0.1, 0.15) is 43.0 Å². The monoisotopic (exact) mass is 733 g/mol. The smallest absolute Gasteiger partial charge is 0.261 e. The largest absolute Gasteiger partial charge is 0.493 e. The summed E-state index contributed by atoms with van der Waals surface area (Å²) in [4.78, 5) is 42.9. The second-order valence-electron chi connectivity index (χ2n) is 14.2. The minimum atomic E-state index is -0.154. The number of amides is 2. The Morgan fingerprint density at radius 1 is 0.618 bits per heavy atom. The van der Waals surface area contributed by atoms with Gasteiger partial charge in [0.05, 0.1) is 48.8 Å². The Morgan fingerprint density at radius 3 is 1.51 bits per heavy atom. The van der Waals surface area contributed by atoms with Crippen LogP contribution < -0.4 is 33.6 Å². The highest BCUT2D eigenvalue weighted by atomic mass is 16.5. The molecule has 276 valence electrons. The summed E-state index contributed by atoms with van der Waals surface area (Å²) in [5, 5.41) is 0. The second-order valence-corrected chi connectivity index (χ2v) is 14.2. The molecule has 4 heterocycles. The fourth-order valence-electron chi connectivity index (χ4n) is 7.87. The molecule has 11 heteroatoms. The van der Waals surface area contributed by atoms with Gasteiger partial charge in [0.1, 0.15) is 13.2 Å². The molecule has 0 aliphatic carbocycles. The van der Waals surface area contributed by atoms with Crippen molar-refractivity contribution in [2.75, 3.05) is 43.0 Å². The van der Waals surface area contributed by atoms with Crippen molar-refractivity contribution >= 4 is 52.7 Å². The van der Waals surface area contributed by atoms with Crippen molar-refractivity contribution in [1.82, 2.24) is 0 Å². The van der Waals surface area contributed by atoms with E-state index in [2.05, 4.69) is 24.3 Å². The fourth-order valence-corrected chi connectivity index (χ4v) is 7.87. The van der Waals surface area contributed by atoms with Gasteiger partial charge < -0.3 is 23.8 Å². The Kier molecular flexibility index (Phi) is 8.49. The lowest BCUT2D eigenvalue weighted by atomic mass is 10.1. The zero-order valence-electron chi connectivity index (χ0n) is 31.0. The molecule has 0 saturated carbocycles. The van der Waals surface area contributed by atoms with Gasteiger partial charge in [0.2, 0.25) is 0 Å².